The minimum absolute atomic E-state index is 0.0753. The molecule has 0 aliphatic heterocycles. The van der Waals surface area contributed by atoms with Crippen molar-refractivity contribution in [2.24, 2.45) is 0 Å². The lowest BCUT2D eigenvalue weighted by Gasteiger charge is -2.08. The standard InChI is InChI=1S/C23H18F3NO3/c24-23(25,26)19-8-5-9-20(15-19)29-13-4-3-12-27-22(28)16-30-21-11-10-17-6-1-2-7-18(17)14-21/h1-2,5-11,14-15H,12-13,16H2,(H,27,28). The van der Waals surface area contributed by atoms with Crippen molar-refractivity contribution >= 4 is 16.7 Å². The van der Waals surface area contributed by atoms with Crippen molar-refractivity contribution in [2.75, 3.05) is 19.8 Å². The zero-order valence-electron chi connectivity index (χ0n) is 15.8. The molecule has 7 heteroatoms. The summed E-state index contributed by atoms with van der Waals surface area (Å²) in [7, 11) is 0. The first kappa shape index (κ1) is 21.1. The van der Waals surface area contributed by atoms with Gasteiger partial charge in [-0.3, -0.25) is 4.79 Å². The van der Waals surface area contributed by atoms with Gasteiger partial charge in [0.15, 0.2) is 6.61 Å². The maximum absolute atomic E-state index is 12.6. The molecule has 1 N–H and O–H groups in total. The third-order valence-electron chi connectivity index (χ3n) is 4.06. The van der Waals surface area contributed by atoms with Gasteiger partial charge in [-0.2, -0.15) is 13.2 Å². The van der Waals surface area contributed by atoms with Crippen LogP contribution in [0.2, 0.25) is 0 Å². The third-order valence-corrected chi connectivity index (χ3v) is 4.06. The van der Waals surface area contributed by atoms with Gasteiger partial charge in [-0.15, -0.1) is 0 Å². The van der Waals surface area contributed by atoms with E-state index in [4.69, 9.17) is 9.47 Å². The van der Waals surface area contributed by atoms with Crippen molar-refractivity contribution in [2.45, 2.75) is 6.18 Å². The molecule has 0 bridgehead atoms. The highest BCUT2D eigenvalue weighted by Gasteiger charge is 2.30. The first-order chi connectivity index (χ1) is 14.4. The second-order valence-electron chi connectivity index (χ2n) is 6.24. The summed E-state index contributed by atoms with van der Waals surface area (Å²) in [6.45, 7) is -0.169. The van der Waals surface area contributed by atoms with Gasteiger partial charge in [0.2, 0.25) is 0 Å². The highest BCUT2D eigenvalue weighted by Crippen LogP contribution is 2.31. The molecule has 154 valence electrons. The molecule has 0 saturated heterocycles. The van der Waals surface area contributed by atoms with E-state index in [-0.39, 0.29) is 31.4 Å². The van der Waals surface area contributed by atoms with Gasteiger partial charge in [0.05, 0.1) is 12.1 Å². The number of rotatable bonds is 6. The number of fused-ring (bicyclic) bond motifs is 1. The van der Waals surface area contributed by atoms with Gasteiger partial charge in [0.25, 0.3) is 5.91 Å². The summed E-state index contributed by atoms with van der Waals surface area (Å²) in [5.74, 6) is 5.63. The molecule has 1 amide bonds. The van der Waals surface area contributed by atoms with Gasteiger partial charge in [0, 0.05) is 0 Å². The minimum Gasteiger partial charge on any atom is -0.484 e. The van der Waals surface area contributed by atoms with E-state index in [2.05, 4.69) is 17.2 Å². The normalized spacial score (nSPS) is 10.8. The van der Waals surface area contributed by atoms with Crippen LogP contribution in [0, 0.1) is 11.8 Å². The van der Waals surface area contributed by atoms with E-state index in [1.165, 1.54) is 12.1 Å². The van der Waals surface area contributed by atoms with Crippen molar-refractivity contribution in [1.29, 1.82) is 0 Å². The molecule has 0 aliphatic rings. The Morgan fingerprint density at radius 2 is 1.63 bits per heavy atom. The molecule has 0 saturated carbocycles. The highest BCUT2D eigenvalue weighted by molar-refractivity contribution is 5.84. The number of amides is 1. The number of nitrogens with one attached hydrogen (secondary N) is 1. The molecule has 0 heterocycles. The van der Waals surface area contributed by atoms with Gasteiger partial charge in [0.1, 0.15) is 18.1 Å². The molecular formula is C23H18F3NO3. The lowest BCUT2D eigenvalue weighted by molar-refractivity contribution is -0.137. The fourth-order valence-electron chi connectivity index (χ4n) is 2.60. The number of hydrogen-bond acceptors (Lipinski definition) is 3. The van der Waals surface area contributed by atoms with E-state index in [0.29, 0.717) is 5.75 Å². The Hall–Kier alpha value is -3.66. The summed E-state index contributed by atoms with van der Waals surface area (Å²) in [5, 5.41) is 4.67. The SMILES string of the molecule is O=C(COc1ccc2ccccc2c1)NCC#CCOc1cccc(C(F)(F)F)c1. The Morgan fingerprint density at radius 3 is 2.43 bits per heavy atom. The average molecular weight is 413 g/mol. The van der Waals surface area contributed by atoms with Crippen LogP contribution in [0.25, 0.3) is 10.8 Å². The van der Waals surface area contributed by atoms with Crippen molar-refractivity contribution in [3.63, 3.8) is 0 Å². The van der Waals surface area contributed by atoms with Crippen LogP contribution in [-0.2, 0) is 11.0 Å². The first-order valence-corrected chi connectivity index (χ1v) is 9.06. The quantitative estimate of drug-likeness (QED) is 0.608. The molecule has 0 fully saturated rings. The van der Waals surface area contributed by atoms with Gasteiger partial charge < -0.3 is 14.8 Å². The molecule has 0 unspecified atom stereocenters. The molecule has 0 spiro atoms. The summed E-state index contributed by atoms with van der Waals surface area (Å²) < 4.78 is 48.6. The Morgan fingerprint density at radius 1 is 0.867 bits per heavy atom. The molecule has 3 aromatic carbocycles. The van der Waals surface area contributed by atoms with Crippen LogP contribution in [0.3, 0.4) is 0 Å². The Balaban J connectivity index is 1.38. The lowest BCUT2D eigenvalue weighted by Crippen LogP contribution is -2.29. The summed E-state index contributed by atoms with van der Waals surface area (Å²) in [5.41, 5.74) is -0.786. The molecular weight excluding hydrogens is 395 g/mol. The van der Waals surface area contributed by atoms with Crippen LogP contribution in [0.5, 0.6) is 11.5 Å². The maximum atomic E-state index is 12.6. The topological polar surface area (TPSA) is 47.6 Å². The number of benzene rings is 3. The average Bonchev–Trinajstić information content (AvgIpc) is 2.74. The second kappa shape index (κ2) is 9.70. The molecule has 0 radical (unpaired) electrons. The summed E-state index contributed by atoms with van der Waals surface area (Å²) >= 11 is 0. The molecule has 0 atom stereocenters. The van der Waals surface area contributed by atoms with Crippen LogP contribution in [0.1, 0.15) is 5.56 Å². The van der Waals surface area contributed by atoms with E-state index < -0.39 is 11.7 Å². The molecule has 3 rings (SSSR count). The summed E-state index contributed by atoms with van der Waals surface area (Å²) in [6.07, 6.45) is -4.43. The van der Waals surface area contributed by atoms with Gasteiger partial charge in [-0.1, -0.05) is 48.2 Å². The monoisotopic (exact) mass is 413 g/mol. The zero-order valence-corrected chi connectivity index (χ0v) is 15.8. The van der Waals surface area contributed by atoms with Crippen LogP contribution in [0.4, 0.5) is 13.2 Å². The Bertz CT molecular complexity index is 1080. The number of hydrogen-bond donors (Lipinski definition) is 1. The van der Waals surface area contributed by atoms with E-state index in [1.807, 2.05) is 36.4 Å². The number of alkyl halides is 3. The zero-order chi connectivity index (χ0) is 21.4. The van der Waals surface area contributed by atoms with E-state index >= 15 is 0 Å². The molecule has 4 nitrogen and oxygen atoms in total. The second-order valence-corrected chi connectivity index (χ2v) is 6.24. The predicted molar refractivity (Wildman–Crippen MR) is 107 cm³/mol. The van der Waals surface area contributed by atoms with Crippen molar-refractivity contribution in [3.8, 4) is 23.3 Å². The van der Waals surface area contributed by atoms with E-state index in [9.17, 15) is 18.0 Å². The first-order valence-electron chi connectivity index (χ1n) is 9.06. The lowest BCUT2D eigenvalue weighted by atomic mass is 10.1. The third kappa shape index (κ3) is 6.17. The molecule has 30 heavy (non-hydrogen) atoms. The number of halogens is 3. The number of ether oxygens (including phenoxy) is 2. The van der Waals surface area contributed by atoms with Crippen molar-refractivity contribution < 1.29 is 27.4 Å². The van der Waals surface area contributed by atoms with Crippen molar-refractivity contribution in [3.05, 3.63) is 72.3 Å². The minimum atomic E-state index is -4.43. The summed E-state index contributed by atoms with van der Waals surface area (Å²) in [6, 6.07) is 17.9. The van der Waals surface area contributed by atoms with Gasteiger partial charge >= 0.3 is 6.18 Å². The Kier molecular flexibility index (Phi) is 6.81. The fraction of sp³-hybridized carbons (Fsp3) is 0.174. The van der Waals surface area contributed by atoms with Crippen LogP contribution >= 0.6 is 0 Å². The van der Waals surface area contributed by atoms with Gasteiger partial charge in [-0.05, 0) is 41.1 Å². The number of carbonyl (C=O) groups is 1. The van der Waals surface area contributed by atoms with Gasteiger partial charge in [-0.25, -0.2) is 0 Å². The fourth-order valence-corrected chi connectivity index (χ4v) is 2.60. The van der Waals surface area contributed by atoms with Crippen LogP contribution < -0.4 is 14.8 Å². The largest absolute Gasteiger partial charge is 0.484 e. The summed E-state index contributed by atoms with van der Waals surface area (Å²) in [4.78, 5) is 11.8. The van der Waals surface area contributed by atoms with E-state index in [0.717, 1.165) is 22.9 Å². The van der Waals surface area contributed by atoms with E-state index in [1.54, 1.807) is 6.07 Å². The molecule has 0 aromatic heterocycles. The molecule has 0 aliphatic carbocycles. The maximum Gasteiger partial charge on any atom is 0.416 e. The molecule has 3 aromatic rings. The Labute approximate surface area is 171 Å². The predicted octanol–water partition coefficient (Wildman–Crippen LogP) is 4.44. The highest BCUT2D eigenvalue weighted by atomic mass is 19.4. The van der Waals surface area contributed by atoms with Crippen LogP contribution in [-0.4, -0.2) is 25.7 Å². The smallest absolute Gasteiger partial charge is 0.416 e. The number of carbonyl (C=O) groups excluding carboxylic acids is 1. The van der Waals surface area contributed by atoms with Crippen molar-refractivity contribution in [1.82, 2.24) is 5.32 Å². The van der Waals surface area contributed by atoms with Crippen LogP contribution in [0.15, 0.2) is 66.7 Å².